The van der Waals surface area contributed by atoms with Crippen molar-refractivity contribution in [2.45, 2.75) is 34.1 Å². The van der Waals surface area contributed by atoms with Gasteiger partial charge in [-0.25, -0.2) is 5.57 Å². The van der Waals surface area contributed by atoms with Gasteiger partial charge in [0.05, 0.1) is 0 Å². The summed E-state index contributed by atoms with van der Waals surface area (Å²) < 4.78 is 0. The Balaban J connectivity index is -0.000000403. The predicted octanol–water partition coefficient (Wildman–Crippen LogP) is -2.64. The van der Waals surface area contributed by atoms with Crippen molar-refractivity contribution in [3.05, 3.63) is 23.3 Å². The summed E-state index contributed by atoms with van der Waals surface area (Å²) in [6, 6.07) is 0. The van der Waals surface area contributed by atoms with Crippen molar-refractivity contribution in [2.75, 3.05) is 0 Å². The molecule has 0 unspecified atom stereocenters. The number of rotatable bonds is 2. The van der Waals surface area contributed by atoms with E-state index in [-0.39, 0.29) is 51.0 Å². The van der Waals surface area contributed by atoms with Crippen molar-refractivity contribution >= 4 is 0 Å². The number of allylic oxidation sites excluding steroid dienone is 4. The van der Waals surface area contributed by atoms with Crippen molar-refractivity contribution in [2.24, 2.45) is 11.8 Å². The minimum atomic E-state index is 0. The fraction of sp³-hybridized carbons (Fsp3) is 0.636. The van der Waals surface area contributed by atoms with E-state index in [0.29, 0.717) is 11.8 Å². The second-order valence-electron chi connectivity index (χ2n) is 3.76. The molecule has 0 bridgehead atoms. The first-order chi connectivity index (χ1) is 5.13. The molecule has 0 atom stereocenters. The van der Waals surface area contributed by atoms with Crippen molar-refractivity contribution in [1.82, 2.24) is 0 Å². The molecule has 0 aromatic heterocycles. The maximum absolute atomic E-state index is 3.41. The summed E-state index contributed by atoms with van der Waals surface area (Å²) in [5, 5.41) is 0. The summed E-state index contributed by atoms with van der Waals surface area (Å²) in [4.78, 5) is 0. The van der Waals surface area contributed by atoms with Gasteiger partial charge in [-0.15, -0.1) is 6.42 Å². The Morgan fingerprint density at radius 2 is 1.57 bits per heavy atom. The summed E-state index contributed by atoms with van der Waals surface area (Å²) in [5.41, 5.74) is 2.96. The molecule has 1 aliphatic rings. The Bertz CT molecular complexity index is 183. The molecule has 0 aromatic rings. The van der Waals surface area contributed by atoms with Crippen LogP contribution in [0.2, 0.25) is 0 Å². The van der Waals surface area contributed by atoms with Gasteiger partial charge in [-0.1, -0.05) is 39.5 Å². The smallest absolute Gasteiger partial charge is 1.00 e. The molecule has 0 nitrogen and oxygen atoms in total. The van der Waals surface area contributed by atoms with Gasteiger partial charge >= 0.3 is 26.2 Å². The van der Waals surface area contributed by atoms with Crippen LogP contribution in [0.5, 0.6) is 0 Å². The summed E-state index contributed by atoms with van der Waals surface area (Å²) >= 11 is 0. The van der Waals surface area contributed by atoms with Crippen molar-refractivity contribution in [1.29, 1.82) is 0 Å². The van der Waals surface area contributed by atoms with Crippen LogP contribution >= 0.6 is 0 Å². The van der Waals surface area contributed by atoms with Crippen LogP contribution in [-0.2, 0) is 26.2 Å². The van der Waals surface area contributed by atoms with Gasteiger partial charge in [0.2, 0.25) is 0 Å². The maximum Gasteiger partial charge on any atom is 3.00 e. The minimum absolute atomic E-state index is 0. The van der Waals surface area contributed by atoms with Crippen LogP contribution in [0.3, 0.4) is 0 Å². The van der Waals surface area contributed by atoms with Gasteiger partial charge in [-0.2, -0.15) is 11.6 Å². The molecule has 0 saturated heterocycles. The van der Waals surface area contributed by atoms with Crippen LogP contribution in [0.1, 0.15) is 34.1 Å². The fourth-order valence-electron chi connectivity index (χ4n) is 1.57. The van der Waals surface area contributed by atoms with E-state index in [0.717, 1.165) is 6.42 Å². The Hall–Kier alpha value is 0.943. The van der Waals surface area contributed by atoms with Crippen LogP contribution in [0.15, 0.2) is 17.2 Å². The number of halogens is 2. The molecule has 0 amide bonds. The van der Waals surface area contributed by atoms with E-state index in [1.807, 2.05) is 0 Å². The predicted molar refractivity (Wildman–Crippen MR) is 49.1 cm³/mol. The Kier molecular flexibility index (Phi) is 13.4. The SMILES string of the molecule is CC(C)C1=[C-]CC=C1C(C)C.[Cl-].[Cl-].[Zr+3]. The molecule has 0 saturated carbocycles. The zero-order valence-electron chi connectivity index (χ0n) is 9.20. The fourth-order valence-corrected chi connectivity index (χ4v) is 1.57. The first-order valence-electron chi connectivity index (χ1n) is 4.44. The third kappa shape index (κ3) is 5.14. The zero-order valence-corrected chi connectivity index (χ0v) is 13.2. The largest absolute Gasteiger partial charge is 3.00 e. The molecule has 79 valence electrons. The second kappa shape index (κ2) is 9.19. The third-order valence-electron chi connectivity index (χ3n) is 2.12. The van der Waals surface area contributed by atoms with Gasteiger partial charge in [-0.05, 0) is 0 Å². The quantitative estimate of drug-likeness (QED) is 0.489. The molecule has 1 radical (unpaired) electrons. The molecule has 3 heteroatoms. The van der Waals surface area contributed by atoms with Gasteiger partial charge in [0.1, 0.15) is 0 Å². The first kappa shape index (κ1) is 20.4. The molecule has 0 fully saturated rings. The molecule has 0 spiro atoms. The van der Waals surface area contributed by atoms with E-state index in [2.05, 4.69) is 39.8 Å². The van der Waals surface area contributed by atoms with E-state index in [4.69, 9.17) is 0 Å². The molecule has 0 aromatic carbocycles. The summed E-state index contributed by atoms with van der Waals surface area (Å²) in [5.74, 6) is 1.31. The molecular formula is C11H17Cl2Zr. The van der Waals surface area contributed by atoms with E-state index in [9.17, 15) is 0 Å². The molecule has 14 heavy (non-hydrogen) atoms. The molecular weight excluding hydrogens is 294 g/mol. The Labute approximate surface area is 120 Å². The topological polar surface area (TPSA) is 0 Å². The molecule has 0 N–H and O–H groups in total. The standard InChI is InChI=1S/C11H17.2ClH.Zr/c1-8(2)10-6-5-7-11(10)9(3)4;;;/h6,8-9H,5H2,1-4H3;2*1H;/q-1;;;+3/p-2. The van der Waals surface area contributed by atoms with Crippen molar-refractivity contribution in [3.8, 4) is 0 Å². The van der Waals surface area contributed by atoms with Crippen LogP contribution in [0.4, 0.5) is 0 Å². The second-order valence-corrected chi connectivity index (χ2v) is 3.76. The third-order valence-corrected chi connectivity index (χ3v) is 2.12. The van der Waals surface area contributed by atoms with E-state index in [1.165, 1.54) is 11.1 Å². The normalized spacial score (nSPS) is 13.9. The summed E-state index contributed by atoms with van der Waals surface area (Å²) in [6.07, 6.45) is 6.75. The number of hydrogen-bond acceptors (Lipinski definition) is 0. The van der Waals surface area contributed by atoms with Crippen molar-refractivity contribution < 1.29 is 51.0 Å². The van der Waals surface area contributed by atoms with Gasteiger partial charge in [0.15, 0.2) is 0 Å². The van der Waals surface area contributed by atoms with Gasteiger partial charge in [-0.3, -0.25) is 6.08 Å². The van der Waals surface area contributed by atoms with Gasteiger partial charge in [0.25, 0.3) is 0 Å². The maximum atomic E-state index is 3.41. The van der Waals surface area contributed by atoms with Crippen molar-refractivity contribution in [3.63, 3.8) is 0 Å². The van der Waals surface area contributed by atoms with Crippen LogP contribution < -0.4 is 24.8 Å². The first-order valence-corrected chi connectivity index (χ1v) is 4.44. The van der Waals surface area contributed by atoms with Crippen LogP contribution in [-0.4, -0.2) is 0 Å². The Morgan fingerprint density at radius 1 is 1.07 bits per heavy atom. The zero-order chi connectivity index (χ0) is 8.43. The molecule has 1 rings (SSSR count). The molecule has 1 aliphatic carbocycles. The molecule has 0 heterocycles. The van der Waals surface area contributed by atoms with E-state index < -0.39 is 0 Å². The van der Waals surface area contributed by atoms with Gasteiger partial charge in [0, 0.05) is 0 Å². The summed E-state index contributed by atoms with van der Waals surface area (Å²) in [7, 11) is 0. The Morgan fingerprint density at radius 3 is 1.86 bits per heavy atom. The van der Waals surface area contributed by atoms with Crippen LogP contribution in [0, 0.1) is 17.9 Å². The van der Waals surface area contributed by atoms with E-state index >= 15 is 0 Å². The molecule has 0 aliphatic heterocycles. The number of hydrogen-bond donors (Lipinski definition) is 0. The summed E-state index contributed by atoms with van der Waals surface area (Å²) in [6.45, 7) is 8.98. The monoisotopic (exact) mass is 309 g/mol. The average molecular weight is 311 g/mol. The minimum Gasteiger partial charge on any atom is -1.00 e. The van der Waals surface area contributed by atoms with Gasteiger partial charge < -0.3 is 24.8 Å². The van der Waals surface area contributed by atoms with Crippen LogP contribution in [0.25, 0.3) is 0 Å². The van der Waals surface area contributed by atoms with E-state index in [1.54, 1.807) is 0 Å². The average Bonchev–Trinajstić information content (AvgIpc) is 2.32.